The number of carbonyl (C=O) groups excluding carboxylic acids is 2. The highest BCUT2D eigenvalue weighted by molar-refractivity contribution is 8.17. The van der Waals surface area contributed by atoms with E-state index >= 15 is 0 Å². The number of nitrogens with zero attached hydrogens (tertiary/aromatic N) is 2. The van der Waals surface area contributed by atoms with Crippen LogP contribution in [0.3, 0.4) is 0 Å². The van der Waals surface area contributed by atoms with Crippen molar-refractivity contribution < 1.29 is 30.0 Å². The van der Waals surface area contributed by atoms with Crippen molar-refractivity contribution in [2.75, 3.05) is 39.3 Å². The van der Waals surface area contributed by atoms with Gasteiger partial charge in [-0.1, -0.05) is 271 Å². The standard InChI is InChI=1S/C58H116N2O6S2/c1-7-11-15-19-23-27-31-35-39-53(61)47-59(48-54(62)40-36-32-28-24-20-16-12-8-2)45-43-57(65)67-51(5)52(6)68-58(66)44-46-60(49-55(63)41-37-33-29-25-21-17-13-9-3)50-56(64)42-38-34-30-26-22-18-14-10-4/h51-56,61-64H,7-50H2,1-6H3. The molecule has 0 saturated heterocycles. The van der Waals surface area contributed by atoms with E-state index in [0.717, 1.165) is 77.0 Å². The molecular formula is C58H116N2O6S2. The van der Waals surface area contributed by atoms with Crippen LogP contribution in [0.15, 0.2) is 0 Å². The highest BCUT2D eigenvalue weighted by atomic mass is 32.2. The molecule has 0 spiro atoms. The van der Waals surface area contributed by atoms with Gasteiger partial charge in [0.2, 0.25) is 0 Å². The third-order valence-corrected chi connectivity index (χ3v) is 16.7. The molecule has 0 rings (SSSR count). The molecule has 0 radical (unpaired) electrons. The fourth-order valence-electron chi connectivity index (χ4n) is 9.35. The van der Waals surface area contributed by atoms with Crippen LogP contribution in [0.5, 0.6) is 0 Å². The monoisotopic (exact) mass is 1000 g/mol. The number of hydrogen-bond acceptors (Lipinski definition) is 10. The summed E-state index contributed by atoms with van der Waals surface area (Å²) in [5.74, 6) is 0. The van der Waals surface area contributed by atoms with Gasteiger partial charge in [0.15, 0.2) is 10.2 Å². The van der Waals surface area contributed by atoms with Crippen LogP contribution >= 0.6 is 23.5 Å². The maximum atomic E-state index is 13.4. The molecule has 0 aromatic heterocycles. The smallest absolute Gasteiger partial charge is 0.190 e. The zero-order chi connectivity index (χ0) is 50.3. The van der Waals surface area contributed by atoms with Gasteiger partial charge < -0.3 is 20.4 Å². The predicted molar refractivity (Wildman–Crippen MR) is 299 cm³/mol. The SMILES string of the molecule is CCCCCCCCCCC(O)CN(CCC(=O)SC(C)C(C)SC(=O)CCN(CC(O)CCCCCCCCCC)CC(O)CCCCCCCCCC)CC(O)CCCCCCCCCC. The van der Waals surface area contributed by atoms with Gasteiger partial charge in [-0.15, -0.1) is 0 Å². The van der Waals surface area contributed by atoms with Gasteiger partial charge in [-0.05, 0) is 25.7 Å². The summed E-state index contributed by atoms with van der Waals surface area (Å²) >= 11 is 2.63. The van der Waals surface area contributed by atoms with Crippen molar-refractivity contribution >= 4 is 33.8 Å². The van der Waals surface area contributed by atoms with Gasteiger partial charge in [-0.3, -0.25) is 19.4 Å². The average Bonchev–Trinajstić information content (AvgIpc) is 3.30. The van der Waals surface area contributed by atoms with Gasteiger partial charge in [0, 0.05) is 62.6 Å². The van der Waals surface area contributed by atoms with Crippen LogP contribution in [0.4, 0.5) is 0 Å². The van der Waals surface area contributed by atoms with Crippen molar-refractivity contribution in [3.8, 4) is 0 Å². The minimum absolute atomic E-state index is 0.0527. The van der Waals surface area contributed by atoms with E-state index in [0.29, 0.717) is 52.1 Å². The first-order valence-electron chi connectivity index (χ1n) is 29.5. The lowest BCUT2D eigenvalue weighted by Gasteiger charge is -2.28. The van der Waals surface area contributed by atoms with Gasteiger partial charge >= 0.3 is 0 Å². The summed E-state index contributed by atoms with van der Waals surface area (Å²) in [4.78, 5) is 31.0. The maximum absolute atomic E-state index is 13.4. The average molecular weight is 1000 g/mol. The Morgan fingerprint density at radius 3 is 0.735 bits per heavy atom. The van der Waals surface area contributed by atoms with Crippen LogP contribution in [-0.2, 0) is 9.59 Å². The predicted octanol–water partition coefficient (Wildman–Crippen LogP) is 15.2. The number of unbranched alkanes of at least 4 members (excludes halogenated alkanes) is 28. The minimum atomic E-state index is -0.471. The Morgan fingerprint density at radius 1 is 0.338 bits per heavy atom. The Bertz CT molecular complexity index is 951. The van der Waals surface area contributed by atoms with E-state index < -0.39 is 24.4 Å². The molecule has 0 saturated carbocycles. The molecule has 8 nitrogen and oxygen atoms in total. The van der Waals surface area contributed by atoms with Crippen molar-refractivity contribution in [1.82, 2.24) is 9.80 Å². The molecule has 10 heteroatoms. The van der Waals surface area contributed by atoms with Gasteiger partial charge in [-0.2, -0.15) is 0 Å². The van der Waals surface area contributed by atoms with Gasteiger partial charge in [-0.25, -0.2) is 0 Å². The third kappa shape index (κ3) is 45.6. The summed E-state index contributed by atoms with van der Waals surface area (Å²) in [5.41, 5.74) is 0. The summed E-state index contributed by atoms with van der Waals surface area (Å²) in [6, 6.07) is 0. The molecule has 0 aliphatic rings. The molecule has 0 aromatic carbocycles. The van der Waals surface area contributed by atoms with Crippen molar-refractivity contribution in [2.24, 2.45) is 0 Å². The Labute approximate surface area is 431 Å². The quantitative estimate of drug-likeness (QED) is 0.0438. The first kappa shape index (κ1) is 67.8. The van der Waals surface area contributed by atoms with Crippen LogP contribution in [0.2, 0.25) is 0 Å². The molecule has 6 atom stereocenters. The Morgan fingerprint density at radius 2 is 0.529 bits per heavy atom. The van der Waals surface area contributed by atoms with Crippen molar-refractivity contribution in [2.45, 2.75) is 320 Å². The van der Waals surface area contributed by atoms with Crippen molar-refractivity contribution in [3.63, 3.8) is 0 Å². The molecule has 0 aromatic rings. The number of hydrogen-bond donors (Lipinski definition) is 4. The molecule has 4 N–H and O–H groups in total. The van der Waals surface area contributed by atoms with Crippen LogP contribution in [-0.4, -0.2) is 115 Å². The van der Waals surface area contributed by atoms with E-state index in [1.54, 1.807) is 0 Å². The van der Waals surface area contributed by atoms with Gasteiger partial charge in [0.1, 0.15) is 0 Å². The minimum Gasteiger partial charge on any atom is -0.392 e. The largest absolute Gasteiger partial charge is 0.392 e. The number of carbonyl (C=O) groups is 2. The van der Waals surface area contributed by atoms with E-state index in [2.05, 4.69) is 37.5 Å². The topological polar surface area (TPSA) is 122 Å². The number of thioether (sulfide) groups is 2. The van der Waals surface area contributed by atoms with Crippen LogP contribution in [0, 0.1) is 0 Å². The zero-order valence-electron chi connectivity index (χ0n) is 45.9. The first-order chi connectivity index (χ1) is 32.9. The molecular weight excluding hydrogens is 885 g/mol. The van der Waals surface area contributed by atoms with Crippen LogP contribution in [0.25, 0.3) is 0 Å². The second kappa shape index (κ2) is 50.3. The zero-order valence-corrected chi connectivity index (χ0v) is 47.5. The molecule has 0 heterocycles. The van der Waals surface area contributed by atoms with E-state index in [-0.39, 0.29) is 20.7 Å². The fraction of sp³-hybridized carbons (Fsp3) is 0.966. The summed E-state index contributed by atoms with van der Waals surface area (Å²) in [5, 5.41) is 44.3. The molecule has 68 heavy (non-hydrogen) atoms. The highest BCUT2D eigenvalue weighted by Crippen LogP contribution is 2.27. The van der Waals surface area contributed by atoms with Crippen molar-refractivity contribution in [1.29, 1.82) is 0 Å². The third-order valence-electron chi connectivity index (χ3n) is 14.0. The lowest BCUT2D eigenvalue weighted by Crippen LogP contribution is -2.39. The molecule has 0 fully saturated rings. The first-order valence-corrected chi connectivity index (χ1v) is 31.3. The normalized spacial score (nSPS) is 14.7. The number of aliphatic hydroxyl groups is 4. The van der Waals surface area contributed by atoms with E-state index in [9.17, 15) is 30.0 Å². The second-order valence-electron chi connectivity index (χ2n) is 21.1. The molecule has 0 aliphatic heterocycles. The Balaban J connectivity index is 5.14. The summed E-state index contributed by atoms with van der Waals surface area (Å²) in [6.45, 7) is 16.0. The maximum Gasteiger partial charge on any atom is 0.190 e. The molecule has 0 aliphatic carbocycles. The summed E-state index contributed by atoms with van der Waals surface area (Å²) in [7, 11) is 0. The van der Waals surface area contributed by atoms with Crippen LogP contribution < -0.4 is 0 Å². The number of aliphatic hydroxyl groups excluding tert-OH is 4. The van der Waals surface area contributed by atoms with Gasteiger partial charge in [0.25, 0.3) is 0 Å². The lowest BCUT2D eigenvalue weighted by molar-refractivity contribution is -0.112. The van der Waals surface area contributed by atoms with E-state index in [1.807, 2.05) is 13.8 Å². The second-order valence-corrected chi connectivity index (χ2v) is 23.9. The molecule has 6 unspecified atom stereocenters. The van der Waals surface area contributed by atoms with Gasteiger partial charge in [0.05, 0.1) is 24.4 Å². The Kier molecular flexibility index (Phi) is 50.2. The molecule has 406 valence electrons. The number of rotatable bonds is 53. The van der Waals surface area contributed by atoms with Crippen LogP contribution in [0.1, 0.15) is 286 Å². The van der Waals surface area contributed by atoms with E-state index in [4.69, 9.17) is 0 Å². The summed E-state index contributed by atoms with van der Waals surface area (Å²) in [6.07, 6.45) is 41.1. The summed E-state index contributed by atoms with van der Waals surface area (Å²) < 4.78 is 0. The highest BCUT2D eigenvalue weighted by Gasteiger charge is 2.24. The van der Waals surface area contributed by atoms with E-state index in [1.165, 1.54) is 178 Å². The molecule has 0 amide bonds. The molecule has 0 bridgehead atoms. The fourth-order valence-corrected chi connectivity index (χ4v) is 11.3. The lowest BCUT2D eigenvalue weighted by atomic mass is 10.0. The Hall–Kier alpha value is -0.200. The van der Waals surface area contributed by atoms with Crippen molar-refractivity contribution in [3.05, 3.63) is 0 Å².